The van der Waals surface area contributed by atoms with Crippen molar-refractivity contribution in [3.05, 3.63) is 89.5 Å². The van der Waals surface area contributed by atoms with Gasteiger partial charge >= 0.3 is 0 Å². The molecule has 0 bridgehead atoms. The van der Waals surface area contributed by atoms with Crippen LogP contribution in [0.3, 0.4) is 0 Å². The molecule has 26 heavy (non-hydrogen) atoms. The lowest BCUT2D eigenvalue weighted by atomic mass is 9.70. The topological polar surface area (TPSA) is 51.2 Å². The number of sulfone groups is 1. The first-order valence-corrected chi connectivity index (χ1v) is 10.3. The van der Waals surface area contributed by atoms with Crippen LogP contribution in [-0.2, 0) is 20.0 Å². The number of aldehydes is 1. The summed E-state index contributed by atoms with van der Waals surface area (Å²) in [7, 11) is -3.27. The van der Waals surface area contributed by atoms with E-state index in [0.29, 0.717) is 6.42 Å². The molecule has 3 aromatic carbocycles. The summed E-state index contributed by atoms with van der Waals surface area (Å²) in [6.45, 7) is 0. The third-order valence-corrected chi connectivity index (χ3v) is 6.36. The van der Waals surface area contributed by atoms with E-state index in [1.165, 1.54) is 6.26 Å². The van der Waals surface area contributed by atoms with Crippen molar-refractivity contribution in [3.8, 4) is 11.1 Å². The molecule has 0 saturated carbocycles. The van der Waals surface area contributed by atoms with Gasteiger partial charge in [-0.05, 0) is 39.9 Å². The van der Waals surface area contributed by atoms with Crippen molar-refractivity contribution in [3.63, 3.8) is 0 Å². The van der Waals surface area contributed by atoms with Gasteiger partial charge in [0.25, 0.3) is 0 Å². The lowest BCUT2D eigenvalue weighted by molar-refractivity contribution is -0.108. The molecule has 0 atom stereocenters. The van der Waals surface area contributed by atoms with Crippen LogP contribution in [0.4, 0.5) is 0 Å². The summed E-state index contributed by atoms with van der Waals surface area (Å²) in [5.74, 6) is 0. The summed E-state index contributed by atoms with van der Waals surface area (Å²) in [6.07, 6.45) is 2.45. The molecule has 130 valence electrons. The minimum Gasteiger partial charge on any atom is -0.303 e. The number of fused-ring (bicyclic) bond motifs is 3. The fraction of sp³-hybridized carbons (Fsp3) is 0.136. The van der Waals surface area contributed by atoms with E-state index in [9.17, 15) is 13.2 Å². The van der Waals surface area contributed by atoms with Gasteiger partial charge in [0.2, 0.25) is 0 Å². The highest BCUT2D eigenvalue weighted by atomic mass is 32.2. The Kier molecular flexibility index (Phi) is 3.81. The highest BCUT2D eigenvalue weighted by Gasteiger charge is 2.44. The molecule has 0 N–H and O–H groups in total. The maximum Gasteiger partial charge on any atom is 0.175 e. The van der Waals surface area contributed by atoms with Crippen LogP contribution in [0.25, 0.3) is 11.1 Å². The Bertz CT molecular complexity index is 1050. The largest absolute Gasteiger partial charge is 0.303 e. The van der Waals surface area contributed by atoms with Gasteiger partial charge in [-0.25, -0.2) is 8.42 Å². The van der Waals surface area contributed by atoms with Gasteiger partial charge < -0.3 is 4.79 Å². The summed E-state index contributed by atoms with van der Waals surface area (Å²) >= 11 is 0. The second-order valence-electron chi connectivity index (χ2n) is 6.66. The molecular weight excluding hydrogens is 344 g/mol. The molecule has 4 rings (SSSR count). The zero-order valence-corrected chi connectivity index (χ0v) is 15.2. The lowest BCUT2D eigenvalue weighted by Gasteiger charge is -2.31. The highest BCUT2D eigenvalue weighted by Crippen LogP contribution is 2.53. The second-order valence-corrected chi connectivity index (χ2v) is 8.68. The van der Waals surface area contributed by atoms with Gasteiger partial charge in [0.05, 0.1) is 10.3 Å². The molecule has 0 aromatic heterocycles. The lowest BCUT2D eigenvalue weighted by Crippen LogP contribution is -2.27. The van der Waals surface area contributed by atoms with E-state index in [1.807, 2.05) is 36.4 Å². The predicted octanol–water partition coefficient (Wildman–Crippen LogP) is 3.99. The van der Waals surface area contributed by atoms with E-state index in [1.54, 1.807) is 12.1 Å². The highest BCUT2D eigenvalue weighted by molar-refractivity contribution is 7.90. The van der Waals surface area contributed by atoms with E-state index < -0.39 is 15.3 Å². The molecule has 0 radical (unpaired) electrons. The minimum atomic E-state index is -3.27. The number of hydrogen-bond acceptors (Lipinski definition) is 3. The summed E-state index contributed by atoms with van der Waals surface area (Å²) in [5.41, 5.74) is 4.75. The van der Waals surface area contributed by atoms with Crippen LogP contribution in [0.15, 0.2) is 77.7 Å². The summed E-state index contributed by atoms with van der Waals surface area (Å²) in [5, 5.41) is 0. The van der Waals surface area contributed by atoms with E-state index in [-0.39, 0.29) is 4.90 Å². The van der Waals surface area contributed by atoms with Crippen LogP contribution >= 0.6 is 0 Å². The third-order valence-electron chi connectivity index (χ3n) is 5.23. The molecule has 3 nitrogen and oxygen atoms in total. The molecule has 1 aliphatic carbocycles. The fourth-order valence-electron chi connectivity index (χ4n) is 4.09. The van der Waals surface area contributed by atoms with Crippen molar-refractivity contribution in [1.82, 2.24) is 0 Å². The molecule has 0 spiro atoms. The Morgan fingerprint density at radius 2 is 1.31 bits per heavy atom. The van der Waals surface area contributed by atoms with Gasteiger partial charge in [0, 0.05) is 12.7 Å². The van der Waals surface area contributed by atoms with Crippen LogP contribution < -0.4 is 0 Å². The van der Waals surface area contributed by atoms with Crippen molar-refractivity contribution in [1.29, 1.82) is 0 Å². The van der Waals surface area contributed by atoms with Crippen LogP contribution in [-0.4, -0.2) is 21.0 Å². The Morgan fingerprint density at radius 3 is 1.77 bits per heavy atom. The molecule has 0 aliphatic heterocycles. The van der Waals surface area contributed by atoms with Gasteiger partial charge in [0.15, 0.2) is 9.84 Å². The molecule has 1 aliphatic rings. The molecule has 0 saturated heterocycles. The predicted molar refractivity (Wildman–Crippen MR) is 102 cm³/mol. The van der Waals surface area contributed by atoms with E-state index in [4.69, 9.17) is 0 Å². The van der Waals surface area contributed by atoms with Crippen LogP contribution in [0.2, 0.25) is 0 Å². The standard InChI is InChI=1S/C22H18O3S/c1-26(24,25)17-12-10-16(11-13-17)22(14-15-23)20-8-4-2-6-18(20)19-7-3-5-9-21(19)22/h2-13,15H,14H2,1H3. The third kappa shape index (κ3) is 2.33. The van der Waals surface area contributed by atoms with Crippen molar-refractivity contribution in [2.75, 3.05) is 6.26 Å². The normalized spacial score (nSPS) is 14.5. The monoisotopic (exact) mass is 362 g/mol. The molecule has 0 unspecified atom stereocenters. The molecular formula is C22H18O3S. The Hall–Kier alpha value is -2.72. The van der Waals surface area contributed by atoms with Gasteiger partial charge in [-0.1, -0.05) is 60.7 Å². The summed E-state index contributed by atoms with van der Waals surface area (Å²) in [6, 6.07) is 23.1. The number of hydrogen-bond donors (Lipinski definition) is 0. The quantitative estimate of drug-likeness (QED) is 0.659. The average molecular weight is 362 g/mol. The Labute approximate surface area is 153 Å². The van der Waals surface area contributed by atoms with Gasteiger partial charge in [0.1, 0.15) is 6.29 Å². The number of rotatable bonds is 4. The molecule has 4 heteroatoms. The van der Waals surface area contributed by atoms with Crippen molar-refractivity contribution < 1.29 is 13.2 Å². The van der Waals surface area contributed by atoms with E-state index >= 15 is 0 Å². The van der Waals surface area contributed by atoms with Gasteiger partial charge in [-0.15, -0.1) is 0 Å². The van der Waals surface area contributed by atoms with Crippen LogP contribution in [0.5, 0.6) is 0 Å². The fourth-order valence-corrected chi connectivity index (χ4v) is 4.72. The van der Waals surface area contributed by atoms with Gasteiger partial charge in [-0.3, -0.25) is 0 Å². The smallest absolute Gasteiger partial charge is 0.175 e. The van der Waals surface area contributed by atoms with E-state index in [2.05, 4.69) is 24.3 Å². The van der Waals surface area contributed by atoms with Crippen molar-refractivity contribution in [2.24, 2.45) is 0 Å². The first kappa shape index (κ1) is 16.7. The molecule has 0 fully saturated rings. The second kappa shape index (κ2) is 5.92. The first-order chi connectivity index (χ1) is 12.5. The zero-order valence-electron chi connectivity index (χ0n) is 14.3. The number of benzene rings is 3. The molecule has 0 amide bonds. The maximum absolute atomic E-state index is 11.8. The number of carbonyl (C=O) groups is 1. The minimum absolute atomic E-state index is 0.280. The van der Waals surface area contributed by atoms with E-state index in [0.717, 1.165) is 34.1 Å². The SMILES string of the molecule is CS(=O)(=O)c1ccc(C2(CC=O)c3ccccc3-c3ccccc32)cc1. The van der Waals surface area contributed by atoms with Crippen molar-refractivity contribution in [2.45, 2.75) is 16.7 Å². The molecule has 3 aromatic rings. The molecule has 0 heterocycles. The average Bonchev–Trinajstić information content (AvgIpc) is 2.93. The van der Waals surface area contributed by atoms with Gasteiger partial charge in [-0.2, -0.15) is 0 Å². The summed E-state index contributed by atoms with van der Waals surface area (Å²) < 4.78 is 23.6. The Balaban J connectivity index is 2.03. The summed E-state index contributed by atoms with van der Waals surface area (Å²) in [4.78, 5) is 12.0. The Morgan fingerprint density at radius 1 is 0.808 bits per heavy atom. The number of carbonyl (C=O) groups excluding carboxylic acids is 1. The maximum atomic E-state index is 11.8. The first-order valence-electron chi connectivity index (χ1n) is 8.42. The van der Waals surface area contributed by atoms with Crippen LogP contribution in [0.1, 0.15) is 23.1 Å². The van der Waals surface area contributed by atoms with Crippen molar-refractivity contribution >= 4 is 16.1 Å². The zero-order chi connectivity index (χ0) is 18.4. The van der Waals surface area contributed by atoms with Crippen LogP contribution in [0, 0.1) is 0 Å².